The molecule has 1 aliphatic heterocycles. The average molecular weight is 244 g/mol. The molecule has 4 heteroatoms. The zero-order valence-corrected chi connectivity index (χ0v) is 10.1. The molecule has 0 bridgehead atoms. The summed E-state index contributed by atoms with van der Waals surface area (Å²) in [5, 5.41) is 5.60. The van der Waals surface area contributed by atoms with Crippen LogP contribution in [-0.2, 0) is 9.59 Å². The van der Waals surface area contributed by atoms with E-state index in [1.54, 1.807) is 6.08 Å². The maximum Gasteiger partial charge on any atom is 0.244 e. The molecule has 2 N–H and O–H groups in total. The standard InChI is InChI=1S/C14H16N2O2/c17-13-9-7-12(10-15-13)16-14(18)8-6-11-4-2-1-3-5-11/h1-6,8,12H,7,9-10H2,(H,15,17)(H,16,18). The Kier molecular flexibility index (Phi) is 4.12. The van der Waals surface area contributed by atoms with Gasteiger partial charge in [-0.1, -0.05) is 30.3 Å². The van der Waals surface area contributed by atoms with Gasteiger partial charge >= 0.3 is 0 Å². The molecule has 0 aromatic heterocycles. The molecule has 1 saturated heterocycles. The molecule has 1 aromatic carbocycles. The van der Waals surface area contributed by atoms with Gasteiger partial charge in [-0.3, -0.25) is 9.59 Å². The SMILES string of the molecule is O=C(C=Cc1ccccc1)NC1CCC(=O)NC1. The highest BCUT2D eigenvalue weighted by Gasteiger charge is 2.18. The normalized spacial score (nSPS) is 19.6. The number of hydrogen-bond acceptors (Lipinski definition) is 2. The number of amides is 2. The van der Waals surface area contributed by atoms with Crippen LogP contribution in [0.1, 0.15) is 18.4 Å². The summed E-state index contributed by atoms with van der Waals surface area (Å²) in [5.74, 6) is -0.0691. The van der Waals surface area contributed by atoms with Crippen molar-refractivity contribution in [2.24, 2.45) is 0 Å². The lowest BCUT2D eigenvalue weighted by Gasteiger charge is -2.22. The van der Waals surface area contributed by atoms with Gasteiger partial charge in [0.05, 0.1) is 0 Å². The lowest BCUT2D eigenvalue weighted by molar-refractivity contribution is -0.124. The Bertz CT molecular complexity index is 444. The number of carbonyl (C=O) groups excluding carboxylic acids is 2. The van der Waals surface area contributed by atoms with Gasteiger partial charge < -0.3 is 10.6 Å². The van der Waals surface area contributed by atoms with Gasteiger partial charge in [0.1, 0.15) is 0 Å². The second kappa shape index (κ2) is 6.00. The van der Waals surface area contributed by atoms with Gasteiger partial charge in [0.15, 0.2) is 0 Å². The van der Waals surface area contributed by atoms with E-state index in [2.05, 4.69) is 10.6 Å². The Morgan fingerprint density at radius 1 is 1.33 bits per heavy atom. The number of hydrogen-bond donors (Lipinski definition) is 2. The summed E-state index contributed by atoms with van der Waals surface area (Å²) >= 11 is 0. The number of piperidine rings is 1. The molecule has 2 amide bonds. The lowest BCUT2D eigenvalue weighted by atomic mass is 10.1. The number of nitrogens with one attached hydrogen (secondary N) is 2. The lowest BCUT2D eigenvalue weighted by Crippen LogP contribution is -2.47. The molecule has 0 radical (unpaired) electrons. The number of benzene rings is 1. The molecule has 1 heterocycles. The van der Waals surface area contributed by atoms with Crippen LogP contribution < -0.4 is 10.6 Å². The van der Waals surface area contributed by atoms with Crippen molar-refractivity contribution < 1.29 is 9.59 Å². The van der Waals surface area contributed by atoms with E-state index in [1.807, 2.05) is 30.3 Å². The van der Waals surface area contributed by atoms with Gasteiger partial charge in [-0.2, -0.15) is 0 Å². The molecular weight excluding hydrogens is 228 g/mol. The van der Waals surface area contributed by atoms with Crippen LogP contribution >= 0.6 is 0 Å². The molecule has 2 rings (SSSR count). The zero-order valence-electron chi connectivity index (χ0n) is 10.1. The Morgan fingerprint density at radius 2 is 2.11 bits per heavy atom. The first-order valence-electron chi connectivity index (χ1n) is 6.04. The van der Waals surface area contributed by atoms with Crippen LogP contribution in [-0.4, -0.2) is 24.4 Å². The van der Waals surface area contributed by atoms with Gasteiger partial charge in [0, 0.05) is 25.1 Å². The van der Waals surface area contributed by atoms with Crippen LogP contribution in [0, 0.1) is 0 Å². The summed E-state index contributed by atoms with van der Waals surface area (Å²) in [6, 6.07) is 9.69. The minimum absolute atomic E-state index is 0.0376. The zero-order chi connectivity index (χ0) is 12.8. The van der Waals surface area contributed by atoms with Gasteiger partial charge in [-0.25, -0.2) is 0 Å². The minimum atomic E-state index is -0.125. The van der Waals surface area contributed by atoms with Crippen molar-refractivity contribution in [2.45, 2.75) is 18.9 Å². The molecule has 1 unspecified atom stereocenters. The quantitative estimate of drug-likeness (QED) is 0.782. The fraction of sp³-hybridized carbons (Fsp3) is 0.286. The smallest absolute Gasteiger partial charge is 0.244 e. The van der Waals surface area contributed by atoms with Crippen molar-refractivity contribution in [3.8, 4) is 0 Å². The van der Waals surface area contributed by atoms with Crippen molar-refractivity contribution >= 4 is 17.9 Å². The number of rotatable bonds is 3. The summed E-state index contributed by atoms with van der Waals surface area (Å²) in [5.41, 5.74) is 0.990. The first kappa shape index (κ1) is 12.4. The van der Waals surface area contributed by atoms with E-state index in [4.69, 9.17) is 0 Å². The van der Waals surface area contributed by atoms with Crippen LogP contribution in [0.25, 0.3) is 6.08 Å². The van der Waals surface area contributed by atoms with E-state index in [0.717, 1.165) is 5.56 Å². The van der Waals surface area contributed by atoms with Crippen molar-refractivity contribution in [1.29, 1.82) is 0 Å². The maximum atomic E-state index is 11.7. The summed E-state index contributed by atoms with van der Waals surface area (Å²) in [4.78, 5) is 22.6. The van der Waals surface area contributed by atoms with Gasteiger partial charge in [-0.05, 0) is 18.1 Å². The van der Waals surface area contributed by atoms with Gasteiger partial charge in [0.2, 0.25) is 11.8 Å². The molecule has 0 saturated carbocycles. The molecule has 0 spiro atoms. The molecule has 1 fully saturated rings. The van der Waals surface area contributed by atoms with Gasteiger partial charge in [-0.15, -0.1) is 0 Å². The average Bonchev–Trinajstić information content (AvgIpc) is 2.40. The van der Waals surface area contributed by atoms with Crippen molar-refractivity contribution in [1.82, 2.24) is 10.6 Å². The van der Waals surface area contributed by atoms with Crippen molar-refractivity contribution in [2.75, 3.05) is 6.54 Å². The van der Waals surface area contributed by atoms with E-state index in [0.29, 0.717) is 19.4 Å². The second-order valence-electron chi connectivity index (χ2n) is 4.29. The van der Waals surface area contributed by atoms with E-state index in [1.165, 1.54) is 6.08 Å². The van der Waals surface area contributed by atoms with Crippen LogP contribution in [0.5, 0.6) is 0 Å². The summed E-state index contributed by atoms with van der Waals surface area (Å²) < 4.78 is 0. The van der Waals surface area contributed by atoms with Crippen LogP contribution in [0.15, 0.2) is 36.4 Å². The highest BCUT2D eigenvalue weighted by Crippen LogP contribution is 2.03. The third kappa shape index (κ3) is 3.73. The summed E-state index contributed by atoms with van der Waals surface area (Å²) in [7, 11) is 0. The van der Waals surface area contributed by atoms with E-state index in [-0.39, 0.29) is 17.9 Å². The fourth-order valence-electron chi connectivity index (χ4n) is 1.84. The maximum absolute atomic E-state index is 11.7. The largest absolute Gasteiger partial charge is 0.354 e. The highest BCUT2D eigenvalue weighted by molar-refractivity contribution is 5.92. The molecule has 94 valence electrons. The minimum Gasteiger partial charge on any atom is -0.354 e. The molecule has 1 aliphatic rings. The van der Waals surface area contributed by atoms with Crippen LogP contribution in [0.2, 0.25) is 0 Å². The highest BCUT2D eigenvalue weighted by atomic mass is 16.2. The predicted molar refractivity (Wildman–Crippen MR) is 69.7 cm³/mol. The van der Waals surface area contributed by atoms with E-state index >= 15 is 0 Å². The van der Waals surface area contributed by atoms with Crippen molar-refractivity contribution in [3.05, 3.63) is 42.0 Å². The Balaban J connectivity index is 1.82. The Hall–Kier alpha value is -2.10. The number of carbonyl (C=O) groups is 2. The third-order valence-electron chi connectivity index (χ3n) is 2.84. The first-order chi connectivity index (χ1) is 8.74. The van der Waals surface area contributed by atoms with E-state index < -0.39 is 0 Å². The van der Waals surface area contributed by atoms with Crippen molar-refractivity contribution in [3.63, 3.8) is 0 Å². The summed E-state index contributed by atoms with van der Waals surface area (Å²) in [6.07, 6.45) is 4.48. The molecular formula is C14H16N2O2. The topological polar surface area (TPSA) is 58.2 Å². The Morgan fingerprint density at radius 3 is 2.78 bits per heavy atom. The first-order valence-corrected chi connectivity index (χ1v) is 6.04. The summed E-state index contributed by atoms with van der Waals surface area (Å²) in [6.45, 7) is 0.518. The van der Waals surface area contributed by atoms with E-state index in [9.17, 15) is 9.59 Å². The molecule has 0 aliphatic carbocycles. The molecule has 1 aromatic rings. The van der Waals surface area contributed by atoms with Gasteiger partial charge in [0.25, 0.3) is 0 Å². The second-order valence-corrected chi connectivity index (χ2v) is 4.29. The predicted octanol–water partition coefficient (Wildman–Crippen LogP) is 1.09. The Labute approximate surface area is 106 Å². The molecule has 4 nitrogen and oxygen atoms in total. The van der Waals surface area contributed by atoms with Crippen LogP contribution in [0.4, 0.5) is 0 Å². The van der Waals surface area contributed by atoms with Crippen LogP contribution in [0.3, 0.4) is 0 Å². The third-order valence-corrected chi connectivity index (χ3v) is 2.84. The fourth-order valence-corrected chi connectivity index (χ4v) is 1.84. The monoisotopic (exact) mass is 244 g/mol. The molecule has 18 heavy (non-hydrogen) atoms. The molecule has 1 atom stereocenters.